The Morgan fingerprint density at radius 3 is 1.91 bits per heavy atom. The molecule has 0 saturated heterocycles. The molecule has 0 radical (unpaired) electrons. The predicted octanol–water partition coefficient (Wildman–Crippen LogP) is 2.94. The Bertz CT molecular complexity index is 1070. The van der Waals surface area contributed by atoms with E-state index in [1.165, 1.54) is 29.6 Å². The molecule has 1 aromatic carbocycles. The van der Waals surface area contributed by atoms with E-state index in [2.05, 4.69) is 20.4 Å². The largest absolute Gasteiger partial charge is 0.458 e. The molecular formula is C22H24N4O4S3. The van der Waals surface area contributed by atoms with Crippen LogP contribution in [0.3, 0.4) is 0 Å². The highest BCUT2D eigenvalue weighted by Crippen LogP contribution is 2.17. The highest BCUT2D eigenvalue weighted by molar-refractivity contribution is 7.99. The van der Waals surface area contributed by atoms with Crippen LogP contribution >= 0.6 is 34.4 Å². The summed E-state index contributed by atoms with van der Waals surface area (Å²) in [6.45, 7) is 1.04. The molecule has 0 atom stereocenters. The van der Waals surface area contributed by atoms with Crippen molar-refractivity contribution in [3.8, 4) is 0 Å². The van der Waals surface area contributed by atoms with Crippen molar-refractivity contribution in [2.45, 2.75) is 39.0 Å². The molecule has 2 aromatic heterocycles. The van der Waals surface area contributed by atoms with Gasteiger partial charge in [-0.3, -0.25) is 14.4 Å². The van der Waals surface area contributed by atoms with Gasteiger partial charge in [0.1, 0.15) is 32.4 Å². The summed E-state index contributed by atoms with van der Waals surface area (Å²) in [6, 6.07) is 9.71. The maximum absolute atomic E-state index is 12.2. The summed E-state index contributed by atoms with van der Waals surface area (Å²) < 4.78 is 4.69. The molecule has 0 aliphatic rings. The number of ether oxygens (including phenoxy) is 1. The smallest absolute Gasteiger partial charge is 0.303 e. The number of carbonyl (C=O) groups excluding carboxylic acids is 3. The van der Waals surface area contributed by atoms with E-state index in [1.807, 2.05) is 30.3 Å². The van der Waals surface area contributed by atoms with Gasteiger partial charge in [0.2, 0.25) is 0 Å². The van der Waals surface area contributed by atoms with E-state index < -0.39 is 5.97 Å². The number of rotatable bonds is 14. The van der Waals surface area contributed by atoms with Crippen molar-refractivity contribution in [2.75, 3.05) is 18.1 Å². The third kappa shape index (κ3) is 9.48. The van der Waals surface area contributed by atoms with Crippen molar-refractivity contribution in [3.05, 3.63) is 55.9 Å². The zero-order valence-electron chi connectivity index (χ0n) is 18.2. The minimum atomic E-state index is -0.473. The Hall–Kier alpha value is -2.50. The summed E-state index contributed by atoms with van der Waals surface area (Å²) in [5, 5.41) is 19.7. The SMILES string of the molecule is CC(=O)OCC(=O)Cc1nnc(CCSCCc2nnc(CC(=O)Cc3ccccc3)s2)s1. The maximum Gasteiger partial charge on any atom is 0.303 e. The highest BCUT2D eigenvalue weighted by atomic mass is 32.2. The van der Waals surface area contributed by atoms with Gasteiger partial charge in [0, 0.05) is 26.2 Å². The van der Waals surface area contributed by atoms with Crippen LogP contribution in [0.5, 0.6) is 0 Å². The van der Waals surface area contributed by atoms with Crippen LogP contribution in [0.1, 0.15) is 32.5 Å². The van der Waals surface area contributed by atoms with Crippen LogP contribution in [-0.4, -0.2) is 56.0 Å². The third-order valence-corrected chi connectivity index (χ3v) is 7.27. The Kier molecular flexibility index (Phi) is 10.1. The standard InChI is InChI=1S/C22H24N4O4S3/c1-15(27)30-14-18(29)13-22-26-24-20(33-22)8-10-31-9-7-19-23-25-21(32-19)12-17(28)11-16-5-3-2-4-6-16/h2-6H,7-14H2,1H3. The lowest BCUT2D eigenvalue weighted by molar-refractivity contribution is -0.145. The van der Waals surface area contributed by atoms with Crippen molar-refractivity contribution in [1.82, 2.24) is 20.4 Å². The van der Waals surface area contributed by atoms with Gasteiger partial charge in [-0.05, 0) is 17.1 Å². The number of thioether (sulfide) groups is 1. The highest BCUT2D eigenvalue weighted by Gasteiger charge is 2.12. The molecule has 0 aliphatic carbocycles. The van der Waals surface area contributed by atoms with Crippen molar-refractivity contribution >= 4 is 52.0 Å². The maximum atomic E-state index is 12.2. The Morgan fingerprint density at radius 2 is 1.33 bits per heavy atom. The van der Waals surface area contributed by atoms with Gasteiger partial charge >= 0.3 is 5.97 Å². The van der Waals surface area contributed by atoms with E-state index in [0.717, 1.165) is 44.9 Å². The summed E-state index contributed by atoms with van der Waals surface area (Å²) >= 11 is 4.70. The topological polar surface area (TPSA) is 112 Å². The summed E-state index contributed by atoms with van der Waals surface area (Å²) in [7, 11) is 0. The fraction of sp³-hybridized carbons (Fsp3) is 0.409. The van der Waals surface area contributed by atoms with Crippen LogP contribution in [0.15, 0.2) is 30.3 Å². The van der Waals surface area contributed by atoms with Crippen molar-refractivity contribution in [2.24, 2.45) is 0 Å². The van der Waals surface area contributed by atoms with Crippen molar-refractivity contribution in [3.63, 3.8) is 0 Å². The first-order valence-electron chi connectivity index (χ1n) is 10.4. The summed E-state index contributed by atoms with van der Waals surface area (Å²) in [6.07, 6.45) is 2.45. The molecule has 0 bridgehead atoms. The number of benzene rings is 1. The zero-order chi connectivity index (χ0) is 23.5. The van der Waals surface area contributed by atoms with Crippen LogP contribution in [0.4, 0.5) is 0 Å². The second-order valence-electron chi connectivity index (χ2n) is 7.16. The van der Waals surface area contributed by atoms with Crippen LogP contribution in [0.25, 0.3) is 0 Å². The van der Waals surface area contributed by atoms with Crippen LogP contribution in [-0.2, 0) is 51.2 Å². The van der Waals surface area contributed by atoms with Gasteiger partial charge in [-0.2, -0.15) is 11.8 Å². The van der Waals surface area contributed by atoms with Gasteiger partial charge < -0.3 is 4.74 Å². The van der Waals surface area contributed by atoms with Gasteiger partial charge in [-0.25, -0.2) is 0 Å². The van der Waals surface area contributed by atoms with Crippen molar-refractivity contribution < 1.29 is 19.1 Å². The molecule has 0 fully saturated rings. The molecule has 3 rings (SSSR count). The van der Waals surface area contributed by atoms with Gasteiger partial charge in [-0.15, -0.1) is 43.1 Å². The van der Waals surface area contributed by atoms with Gasteiger partial charge in [0.15, 0.2) is 5.78 Å². The third-order valence-electron chi connectivity index (χ3n) is 4.32. The van der Waals surface area contributed by atoms with Crippen LogP contribution in [0.2, 0.25) is 0 Å². The van der Waals surface area contributed by atoms with Gasteiger partial charge in [-0.1, -0.05) is 30.3 Å². The van der Waals surface area contributed by atoms with Crippen molar-refractivity contribution in [1.29, 1.82) is 0 Å². The van der Waals surface area contributed by atoms with E-state index in [4.69, 9.17) is 4.74 Å². The number of aryl methyl sites for hydroxylation is 2. The number of carbonyl (C=O) groups is 3. The number of hydrogen-bond acceptors (Lipinski definition) is 11. The number of nitrogens with zero attached hydrogens (tertiary/aromatic N) is 4. The van der Waals surface area contributed by atoms with E-state index in [-0.39, 0.29) is 24.6 Å². The zero-order valence-corrected chi connectivity index (χ0v) is 20.6. The van der Waals surface area contributed by atoms with Gasteiger partial charge in [0.05, 0.1) is 12.8 Å². The lowest BCUT2D eigenvalue weighted by Crippen LogP contribution is -2.13. The number of ketones is 2. The number of hydrogen-bond donors (Lipinski definition) is 0. The molecular weight excluding hydrogens is 480 g/mol. The van der Waals surface area contributed by atoms with Crippen LogP contribution < -0.4 is 0 Å². The lowest BCUT2D eigenvalue weighted by Gasteiger charge is -1.99. The second kappa shape index (κ2) is 13.3. The predicted molar refractivity (Wildman–Crippen MR) is 129 cm³/mol. The van der Waals surface area contributed by atoms with E-state index in [9.17, 15) is 14.4 Å². The molecule has 0 spiro atoms. The quantitative estimate of drug-likeness (QED) is 0.242. The molecule has 33 heavy (non-hydrogen) atoms. The number of Topliss-reactive ketones (excluding diaryl/α,β-unsaturated/α-hetero) is 2. The summed E-state index contributed by atoms with van der Waals surface area (Å²) in [4.78, 5) is 34.7. The summed E-state index contributed by atoms with van der Waals surface area (Å²) in [5.74, 6) is 1.26. The molecule has 0 N–H and O–H groups in total. The van der Waals surface area contributed by atoms with Gasteiger partial charge in [0.25, 0.3) is 0 Å². The fourth-order valence-electron chi connectivity index (χ4n) is 2.80. The normalized spacial score (nSPS) is 10.8. The number of aromatic nitrogens is 4. The number of esters is 1. The molecule has 0 unspecified atom stereocenters. The fourth-order valence-corrected chi connectivity index (χ4v) is 5.68. The first-order valence-corrected chi connectivity index (χ1v) is 13.2. The first-order chi connectivity index (χ1) is 16.0. The molecule has 174 valence electrons. The Balaban J connectivity index is 1.30. The molecule has 11 heteroatoms. The molecule has 8 nitrogen and oxygen atoms in total. The molecule has 2 heterocycles. The molecule has 0 amide bonds. The van der Waals surface area contributed by atoms with E-state index in [0.29, 0.717) is 17.8 Å². The van der Waals surface area contributed by atoms with E-state index in [1.54, 1.807) is 11.8 Å². The minimum Gasteiger partial charge on any atom is -0.458 e. The Morgan fingerprint density at radius 1 is 0.788 bits per heavy atom. The summed E-state index contributed by atoms with van der Waals surface area (Å²) in [5.41, 5.74) is 1.01. The van der Waals surface area contributed by atoms with Crippen LogP contribution in [0, 0.1) is 0 Å². The molecule has 0 saturated carbocycles. The van der Waals surface area contributed by atoms with E-state index >= 15 is 0 Å². The first kappa shape index (κ1) is 25.1. The monoisotopic (exact) mass is 504 g/mol. The second-order valence-corrected chi connectivity index (χ2v) is 10.7. The average Bonchev–Trinajstić information content (AvgIpc) is 3.42. The Labute approximate surface area is 204 Å². The minimum absolute atomic E-state index is 0.130. The lowest BCUT2D eigenvalue weighted by atomic mass is 10.1. The molecule has 0 aliphatic heterocycles. The average molecular weight is 505 g/mol. The molecule has 3 aromatic rings.